The van der Waals surface area contributed by atoms with E-state index in [9.17, 15) is 14.4 Å². The first-order chi connectivity index (χ1) is 9.56. The van der Waals surface area contributed by atoms with Gasteiger partial charge < -0.3 is 24.8 Å². The smallest absolute Gasteiger partial charge is 0.347 e. The molecule has 0 rings (SSSR count). The van der Waals surface area contributed by atoms with Gasteiger partial charge in [-0.25, -0.2) is 14.4 Å². The topological polar surface area (TPSA) is 103 Å². The first-order valence-corrected chi connectivity index (χ1v) is 6.14. The number of urea groups is 1. The van der Waals surface area contributed by atoms with E-state index in [-0.39, 0.29) is 18.8 Å². The number of amides is 2. The molecule has 0 aliphatic carbocycles. The van der Waals surface area contributed by atoms with Crippen molar-refractivity contribution in [1.29, 1.82) is 0 Å². The van der Waals surface area contributed by atoms with Crippen LogP contribution in [0.1, 0.15) is 13.8 Å². The average Bonchev–Trinajstić information content (AvgIpc) is 2.40. The van der Waals surface area contributed by atoms with Gasteiger partial charge >= 0.3 is 18.0 Å². The SMILES string of the molecule is CCOC(=O)C(=CNC(=O)NCCOC)C(=O)OCC. The Kier molecular flexibility index (Phi) is 9.67. The summed E-state index contributed by atoms with van der Waals surface area (Å²) >= 11 is 0. The van der Waals surface area contributed by atoms with Crippen LogP contribution in [0.15, 0.2) is 11.8 Å². The van der Waals surface area contributed by atoms with Crippen LogP contribution in [0.2, 0.25) is 0 Å². The zero-order valence-corrected chi connectivity index (χ0v) is 11.9. The minimum absolute atomic E-state index is 0.107. The third-order valence-electron chi connectivity index (χ3n) is 1.93. The lowest BCUT2D eigenvalue weighted by Crippen LogP contribution is -2.35. The van der Waals surface area contributed by atoms with Crippen LogP contribution in [0.3, 0.4) is 0 Å². The standard InChI is InChI=1S/C12H20N2O6/c1-4-19-10(15)9(11(16)20-5-2)8-14-12(17)13-6-7-18-3/h8H,4-7H2,1-3H3,(H2,13,14,17). The molecule has 0 saturated carbocycles. The lowest BCUT2D eigenvalue weighted by atomic mass is 10.3. The summed E-state index contributed by atoms with van der Waals surface area (Å²) in [6, 6.07) is -0.576. The summed E-state index contributed by atoms with van der Waals surface area (Å²) in [5.74, 6) is -1.72. The molecule has 0 aromatic rings. The molecule has 0 fully saturated rings. The number of ether oxygens (including phenoxy) is 3. The second kappa shape index (κ2) is 10.8. The van der Waals surface area contributed by atoms with Gasteiger partial charge in [0.05, 0.1) is 19.8 Å². The number of nitrogens with one attached hydrogen (secondary N) is 2. The summed E-state index contributed by atoms with van der Waals surface area (Å²) in [5.41, 5.74) is -0.379. The van der Waals surface area contributed by atoms with Gasteiger partial charge in [0.2, 0.25) is 0 Å². The van der Waals surface area contributed by atoms with E-state index in [4.69, 9.17) is 14.2 Å². The highest BCUT2D eigenvalue weighted by Crippen LogP contribution is 2.01. The summed E-state index contributed by atoms with van der Waals surface area (Å²) in [6.45, 7) is 4.06. The van der Waals surface area contributed by atoms with Crippen molar-refractivity contribution in [3.63, 3.8) is 0 Å². The molecule has 0 atom stereocenters. The van der Waals surface area contributed by atoms with E-state index in [0.717, 1.165) is 6.20 Å². The minimum atomic E-state index is -0.858. The third kappa shape index (κ3) is 7.37. The monoisotopic (exact) mass is 288 g/mol. The van der Waals surface area contributed by atoms with Crippen molar-refractivity contribution in [3.8, 4) is 0 Å². The number of rotatable bonds is 8. The summed E-state index contributed by atoms with van der Waals surface area (Å²) in [6.07, 6.45) is 0.956. The highest BCUT2D eigenvalue weighted by molar-refractivity contribution is 6.14. The quantitative estimate of drug-likeness (QED) is 0.213. The molecule has 0 heterocycles. The first kappa shape index (κ1) is 17.9. The van der Waals surface area contributed by atoms with Gasteiger partial charge in [-0.15, -0.1) is 0 Å². The van der Waals surface area contributed by atoms with Crippen LogP contribution >= 0.6 is 0 Å². The van der Waals surface area contributed by atoms with E-state index in [1.54, 1.807) is 13.8 Å². The van der Waals surface area contributed by atoms with E-state index in [1.807, 2.05) is 0 Å². The van der Waals surface area contributed by atoms with Gasteiger partial charge in [-0.1, -0.05) is 0 Å². The van der Waals surface area contributed by atoms with Crippen molar-refractivity contribution in [1.82, 2.24) is 10.6 Å². The second-order valence-corrected chi connectivity index (χ2v) is 3.39. The van der Waals surface area contributed by atoms with Gasteiger partial charge in [0.15, 0.2) is 5.57 Å². The molecule has 0 unspecified atom stereocenters. The van der Waals surface area contributed by atoms with Gasteiger partial charge in [0, 0.05) is 19.9 Å². The van der Waals surface area contributed by atoms with Gasteiger partial charge in [0.1, 0.15) is 0 Å². The molecular weight excluding hydrogens is 268 g/mol. The summed E-state index contributed by atoms with van der Waals surface area (Å²) in [4.78, 5) is 34.5. The van der Waals surface area contributed by atoms with Gasteiger partial charge in [-0.3, -0.25) is 0 Å². The van der Waals surface area contributed by atoms with Gasteiger partial charge in [0.25, 0.3) is 0 Å². The van der Waals surface area contributed by atoms with Gasteiger partial charge in [-0.2, -0.15) is 0 Å². The first-order valence-electron chi connectivity index (χ1n) is 6.14. The van der Waals surface area contributed by atoms with Crippen molar-refractivity contribution < 1.29 is 28.6 Å². The van der Waals surface area contributed by atoms with Crippen LogP contribution in [0, 0.1) is 0 Å². The lowest BCUT2D eigenvalue weighted by Gasteiger charge is -2.07. The van der Waals surface area contributed by atoms with E-state index in [2.05, 4.69) is 10.6 Å². The molecule has 0 aromatic carbocycles. The van der Waals surface area contributed by atoms with E-state index in [0.29, 0.717) is 13.2 Å². The molecule has 0 spiro atoms. The molecule has 20 heavy (non-hydrogen) atoms. The number of carbonyl (C=O) groups excluding carboxylic acids is 3. The average molecular weight is 288 g/mol. The molecule has 8 nitrogen and oxygen atoms in total. The Morgan fingerprint density at radius 3 is 2.05 bits per heavy atom. The van der Waals surface area contributed by atoms with E-state index >= 15 is 0 Å². The van der Waals surface area contributed by atoms with Crippen LogP contribution in [0.4, 0.5) is 4.79 Å². The summed E-state index contributed by atoms with van der Waals surface area (Å²) < 4.78 is 14.2. The fraction of sp³-hybridized carbons (Fsp3) is 0.583. The number of esters is 2. The summed E-state index contributed by atoms with van der Waals surface area (Å²) in [7, 11) is 1.50. The summed E-state index contributed by atoms with van der Waals surface area (Å²) in [5, 5.41) is 4.71. The normalized spacial score (nSPS) is 9.35. The molecular formula is C12H20N2O6. The van der Waals surface area contributed by atoms with E-state index in [1.165, 1.54) is 7.11 Å². The minimum Gasteiger partial charge on any atom is -0.462 e. The van der Waals surface area contributed by atoms with Crippen LogP contribution in [0.25, 0.3) is 0 Å². The van der Waals surface area contributed by atoms with E-state index < -0.39 is 18.0 Å². The predicted molar refractivity (Wildman–Crippen MR) is 69.8 cm³/mol. The second-order valence-electron chi connectivity index (χ2n) is 3.39. The Morgan fingerprint density at radius 2 is 1.60 bits per heavy atom. The Morgan fingerprint density at radius 1 is 1.05 bits per heavy atom. The molecule has 0 aromatic heterocycles. The maximum absolute atomic E-state index is 11.5. The van der Waals surface area contributed by atoms with Crippen molar-refractivity contribution in [3.05, 3.63) is 11.8 Å². The van der Waals surface area contributed by atoms with Crippen LogP contribution < -0.4 is 10.6 Å². The molecule has 8 heteroatoms. The van der Waals surface area contributed by atoms with Crippen molar-refractivity contribution >= 4 is 18.0 Å². The molecule has 0 saturated heterocycles. The molecule has 0 aliphatic heterocycles. The number of methoxy groups -OCH3 is 1. The molecule has 0 radical (unpaired) electrons. The number of hydrogen-bond acceptors (Lipinski definition) is 6. The Labute approximate surface area is 117 Å². The van der Waals surface area contributed by atoms with Crippen molar-refractivity contribution in [2.24, 2.45) is 0 Å². The Balaban J connectivity index is 4.59. The Hall–Kier alpha value is -2.09. The number of carbonyl (C=O) groups is 3. The maximum atomic E-state index is 11.5. The zero-order chi connectivity index (χ0) is 15.4. The Bertz CT molecular complexity index is 347. The van der Waals surface area contributed by atoms with Crippen molar-refractivity contribution in [2.45, 2.75) is 13.8 Å². The predicted octanol–water partition coefficient (Wildman–Crippen LogP) is -0.0579. The van der Waals surface area contributed by atoms with Crippen molar-refractivity contribution in [2.75, 3.05) is 33.5 Å². The molecule has 2 N–H and O–H groups in total. The highest BCUT2D eigenvalue weighted by atomic mass is 16.6. The van der Waals surface area contributed by atoms with Gasteiger partial charge in [-0.05, 0) is 13.8 Å². The zero-order valence-electron chi connectivity index (χ0n) is 11.9. The van der Waals surface area contributed by atoms with Crippen LogP contribution in [0.5, 0.6) is 0 Å². The fourth-order valence-corrected chi connectivity index (χ4v) is 1.07. The molecule has 0 bridgehead atoms. The van der Waals surface area contributed by atoms with Crippen LogP contribution in [-0.2, 0) is 23.8 Å². The van der Waals surface area contributed by atoms with Crippen LogP contribution in [-0.4, -0.2) is 51.4 Å². The molecule has 114 valence electrons. The lowest BCUT2D eigenvalue weighted by molar-refractivity contribution is -0.146. The molecule has 2 amide bonds. The largest absolute Gasteiger partial charge is 0.462 e. The number of hydrogen-bond donors (Lipinski definition) is 2. The molecule has 0 aliphatic rings. The fourth-order valence-electron chi connectivity index (χ4n) is 1.07. The highest BCUT2D eigenvalue weighted by Gasteiger charge is 2.21. The third-order valence-corrected chi connectivity index (χ3v) is 1.93. The maximum Gasteiger partial charge on any atom is 0.347 e.